The molecule has 72 valence electrons. The minimum atomic E-state index is -0.585. The topological polar surface area (TPSA) is 58.9 Å². The van der Waals surface area contributed by atoms with Gasteiger partial charge in [0.2, 0.25) is 0 Å². The Labute approximate surface area is 87.2 Å². The van der Waals surface area contributed by atoms with Crippen molar-refractivity contribution < 1.29 is 9.18 Å². The average molecular weight is 257 g/mol. The zero-order chi connectivity index (χ0) is 10.3. The summed E-state index contributed by atoms with van der Waals surface area (Å²) < 4.78 is 13.7. The highest BCUT2D eigenvalue weighted by Gasteiger charge is 2.14. The van der Waals surface area contributed by atoms with Crippen molar-refractivity contribution in [3.63, 3.8) is 0 Å². The van der Waals surface area contributed by atoms with Gasteiger partial charge in [0.1, 0.15) is 5.82 Å². The zero-order valence-corrected chi connectivity index (χ0v) is 8.56. The molecule has 0 spiro atoms. The second-order valence-electron chi connectivity index (χ2n) is 2.85. The van der Waals surface area contributed by atoms with Crippen molar-refractivity contribution in [1.82, 2.24) is 4.98 Å². The number of primary amides is 1. The van der Waals surface area contributed by atoms with Gasteiger partial charge in [-0.15, -0.1) is 0 Å². The second kappa shape index (κ2) is 3.09. The number of benzene rings is 1. The molecule has 0 fully saturated rings. The van der Waals surface area contributed by atoms with Crippen molar-refractivity contribution in [2.24, 2.45) is 5.73 Å². The van der Waals surface area contributed by atoms with Crippen LogP contribution in [-0.4, -0.2) is 10.9 Å². The van der Waals surface area contributed by atoms with Crippen molar-refractivity contribution >= 4 is 32.7 Å². The van der Waals surface area contributed by atoms with E-state index in [9.17, 15) is 9.18 Å². The number of aromatic nitrogens is 1. The summed E-state index contributed by atoms with van der Waals surface area (Å²) in [4.78, 5) is 13.8. The van der Waals surface area contributed by atoms with E-state index in [1.54, 1.807) is 12.3 Å². The molecule has 3 N–H and O–H groups in total. The molecule has 2 rings (SSSR count). The molecule has 0 aliphatic carbocycles. The van der Waals surface area contributed by atoms with Gasteiger partial charge in [0.25, 0.3) is 5.91 Å². The summed E-state index contributed by atoms with van der Waals surface area (Å²) in [6.45, 7) is 0. The summed E-state index contributed by atoms with van der Waals surface area (Å²) in [7, 11) is 0. The maximum atomic E-state index is 13.5. The van der Waals surface area contributed by atoms with Crippen molar-refractivity contribution in [2.75, 3.05) is 0 Å². The first-order valence-corrected chi connectivity index (χ1v) is 4.65. The molecule has 0 saturated carbocycles. The Hall–Kier alpha value is -1.36. The molecular formula is C9H6BrFN2O. The number of aromatic amines is 1. The maximum Gasteiger partial charge on any atom is 0.250 e. The number of hydrogen-bond donors (Lipinski definition) is 2. The van der Waals surface area contributed by atoms with E-state index in [0.29, 0.717) is 10.9 Å². The summed E-state index contributed by atoms with van der Waals surface area (Å²) in [6, 6.07) is 2.93. The van der Waals surface area contributed by atoms with Crippen molar-refractivity contribution in [3.05, 3.63) is 34.2 Å². The van der Waals surface area contributed by atoms with Gasteiger partial charge >= 0.3 is 0 Å². The quantitative estimate of drug-likeness (QED) is 0.808. The first kappa shape index (κ1) is 9.21. The van der Waals surface area contributed by atoms with Crippen LogP contribution in [0.3, 0.4) is 0 Å². The molecule has 0 aliphatic heterocycles. The molecule has 5 heteroatoms. The normalized spacial score (nSPS) is 10.7. The summed E-state index contributed by atoms with van der Waals surface area (Å²) in [5, 5.41) is 0.355. The summed E-state index contributed by atoms with van der Waals surface area (Å²) in [5.74, 6) is -0.982. The summed E-state index contributed by atoms with van der Waals surface area (Å²) in [5.41, 5.74) is 5.86. The van der Waals surface area contributed by atoms with Crippen LogP contribution in [0.4, 0.5) is 4.39 Å². The molecule has 3 nitrogen and oxygen atoms in total. The van der Waals surface area contributed by atoms with Crippen LogP contribution in [0.5, 0.6) is 0 Å². The van der Waals surface area contributed by atoms with Gasteiger partial charge in [-0.05, 0) is 28.1 Å². The molecule has 1 amide bonds. The highest BCUT2D eigenvalue weighted by Crippen LogP contribution is 2.27. The average Bonchev–Trinajstić information content (AvgIpc) is 2.59. The SMILES string of the molecule is NC(=O)c1cc(Br)c(F)c2cc[nH]c12. The van der Waals surface area contributed by atoms with E-state index in [4.69, 9.17) is 5.73 Å². The van der Waals surface area contributed by atoms with Gasteiger partial charge in [-0.3, -0.25) is 4.79 Å². The summed E-state index contributed by atoms with van der Waals surface area (Å²) in [6.07, 6.45) is 1.56. The number of halogens is 2. The van der Waals surface area contributed by atoms with Crippen LogP contribution < -0.4 is 5.73 Å². The molecule has 0 unspecified atom stereocenters. The maximum absolute atomic E-state index is 13.5. The molecule has 0 aliphatic rings. The molecule has 1 heterocycles. The highest BCUT2D eigenvalue weighted by atomic mass is 79.9. The summed E-state index contributed by atoms with van der Waals surface area (Å²) >= 11 is 3.02. The number of nitrogens with two attached hydrogens (primary N) is 1. The van der Waals surface area contributed by atoms with E-state index in [-0.39, 0.29) is 10.0 Å². The molecule has 0 saturated heterocycles. The number of amides is 1. The minimum absolute atomic E-state index is 0.235. The number of carbonyl (C=O) groups excluding carboxylic acids is 1. The van der Waals surface area contributed by atoms with E-state index in [1.807, 2.05) is 0 Å². The lowest BCUT2D eigenvalue weighted by Gasteiger charge is -2.01. The van der Waals surface area contributed by atoms with Crippen LogP contribution in [0, 0.1) is 5.82 Å². The van der Waals surface area contributed by atoms with Gasteiger partial charge in [0.05, 0.1) is 15.6 Å². The van der Waals surface area contributed by atoms with Crippen LogP contribution in [0.15, 0.2) is 22.8 Å². The molecule has 1 aromatic carbocycles. The van der Waals surface area contributed by atoms with Crippen LogP contribution in [-0.2, 0) is 0 Å². The lowest BCUT2D eigenvalue weighted by Crippen LogP contribution is -2.11. The van der Waals surface area contributed by atoms with E-state index < -0.39 is 11.7 Å². The number of carbonyl (C=O) groups is 1. The molecule has 0 bridgehead atoms. The van der Waals surface area contributed by atoms with E-state index in [1.165, 1.54) is 6.07 Å². The largest absolute Gasteiger partial charge is 0.366 e. The second-order valence-corrected chi connectivity index (χ2v) is 3.70. The number of fused-ring (bicyclic) bond motifs is 1. The highest BCUT2D eigenvalue weighted by molar-refractivity contribution is 9.10. The van der Waals surface area contributed by atoms with Crippen molar-refractivity contribution in [3.8, 4) is 0 Å². The van der Waals surface area contributed by atoms with Crippen LogP contribution in [0.2, 0.25) is 0 Å². The van der Waals surface area contributed by atoms with Crippen molar-refractivity contribution in [2.45, 2.75) is 0 Å². The van der Waals surface area contributed by atoms with Crippen LogP contribution >= 0.6 is 15.9 Å². The van der Waals surface area contributed by atoms with E-state index >= 15 is 0 Å². The van der Waals surface area contributed by atoms with Crippen LogP contribution in [0.25, 0.3) is 10.9 Å². The Balaban J connectivity index is 2.91. The Bertz CT molecular complexity index is 521. The standard InChI is InChI=1S/C9H6BrFN2O/c10-6-3-5(9(12)14)8-4(7(6)11)1-2-13-8/h1-3,13H,(H2,12,14). The Morgan fingerprint density at radius 2 is 2.29 bits per heavy atom. The predicted octanol–water partition coefficient (Wildman–Crippen LogP) is 2.17. The molecule has 1 aromatic heterocycles. The third-order valence-corrected chi connectivity index (χ3v) is 2.58. The van der Waals surface area contributed by atoms with Crippen molar-refractivity contribution in [1.29, 1.82) is 0 Å². The van der Waals surface area contributed by atoms with Gasteiger partial charge < -0.3 is 10.7 Å². The fraction of sp³-hybridized carbons (Fsp3) is 0. The monoisotopic (exact) mass is 256 g/mol. The van der Waals surface area contributed by atoms with Gasteiger partial charge in [0, 0.05) is 11.6 Å². The number of rotatable bonds is 1. The van der Waals surface area contributed by atoms with Gasteiger partial charge in [0.15, 0.2) is 0 Å². The molecule has 14 heavy (non-hydrogen) atoms. The Morgan fingerprint density at radius 3 is 2.93 bits per heavy atom. The van der Waals surface area contributed by atoms with E-state index in [2.05, 4.69) is 20.9 Å². The molecular weight excluding hydrogens is 251 g/mol. The predicted molar refractivity (Wildman–Crippen MR) is 54.5 cm³/mol. The number of H-pyrrole nitrogens is 1. The number of nitrogens with one attached hydrogen (secondary N) is 1. The molecule has 2 aromatic rings. The fourth-order valence-corrected chi connectivity index (χ4v) is 1.80. The first-order chi connectivity index (χ1) is 6.61. The molecule has 0 radical (unpaired) electrons. The lowest BCUT2D eigenvalue weighted by atomic mass is 10.1. The fourth-order valence-electron chi connectivity index (χ4n) is 1.36. The van der Waals surface area contributed by atoms with E-state index in [0.717, 1.165) is 0 Å². The van der Waals surface area contributed by atoms with Gasteiger partial charge in [-0.25, -0.2) is 4.39 Å². The number of hydrogen-bond acceptors (Lipinski definition) is 1. The van der Waals surface area contributed by atoms with Gasteiger partial charge in [-0.2, -0.15) is 0 Å². The smallest absolute Gasteiger partial charge is 0.250 e. The lowest BCUT2D eigenvalue weighted by molar-refractivity contribution is 0.100. The molecule has 0 atom stereocenters. The Morgan fingerprint density at radius 1 is 1.57 bits per heavy atom. The first-order valence-electron chi connectivity index (χ1n) is 3.86. The Kier molecular flexibility index (Phi) is 2.03. The zero-order valence-electron chi connectivity index (χ0n) is 6.97. The van der Waals surface area contributed by atoms with Gasteiger partial charge in [-0.1, -0.05) is 0 Å². The minimum Gasteiger partial charge on any atom is -0.366 e. The third kappa shape index (κ3) is 1.21. The third-order valence-electron chi connectivity index (χ3n) is 2.00. The van der Waals surface area contributed by atoms with Crippen LogP contribution in [0.1, 0.15) is 10.4 Å².